The molecule has 0 amide bonds. The Kier molecular flexibility index (Phi) is 5.96. The van der Waals surface area contributed by atoms with E-state index in [0.29, 0.717) is 6.42 Å². The van der Waals surface area contributed by atoms with Crippen molar-refractivity contribution < 1.29 is 9.22 Å². The van der Waals surface area contributed by atoms with Crippen LogP contribution in [0.15, 0.2) is 36.4 Å². The summed E-state index contributed by atoms with van der Waals surface area (Å²) in [6, 6.07) is 8.13. The van der Waals surface area contributed by atoms with Gasteiger partial charge in [-0.25, -0.2) is 0 Å². The Balaban J connectivity index is 2.90. The van der Waals surface area contributed by atoms with Crippen molar-refractivity contribution in [1.29, 1.82) is 0 Å². The van der Waals surface area contributed by atoms with Gasteiger partial charge in [-0.15, -0.1) is 0 Å². The number of benzene rings is 1. The lowest BCUT2D eigenvalue weighted by atomic mass is 10.1. The van der Waals surface area contributed by atoms with E-state index in [4.69, 9.17) is 4.43 Å². The van der Waals surface area contributed by atoms with Crippen molar-refractivity contribution in [3.8, 4) is 5.75 Å². The lowest BCUT2D eigenvalue weighted by Crippen LogP contribution is -2.44. The SMILES string of the molecule is CCC(=O)/C=C/Cc1ccccc1O[Si](C)(C)C(C)(C)C. The second-order valence-corrected chi connectivity index (χ2v) is 11.6. The van der Waals surface area contributed by atoms with Crippen LogP contribution in [0, 0.1) is 0 Å². The highest BCUT2D eigenvalue weighted by Crippen LogP contribution is 2.38. The average Bonchev–Trinajstić information content (AvgIpc) is 2.38. The van der Waals surface area contributed by atoms with Crippen LogP contribution in [-0.2, 0) is 11.2 Å². The maximum Gasteiger partial charge on any atom is 0.250 e. The summed E-state index contributed by atoms with van der Waals surface area (Å²) >= 11 is 0. The van der Waals surface area contributed by atoms with Crippen molar-refractivity contribution in [3.63, 3.8) is 0 Å². The largest absolute Gasteiger partial charge is 0.543 e. The van der Waals surface area contributed by atoms with E-state index in [1.54, 1.807) is 6.08 Å². The van der Waals surface area contributed by atoms with Gasteiger partial charge >= 0.3 is 0 Å². The molecule has 0 aromatic heterocycles. The van der Waals surface area contributed by atoms with Gasteiger partial charge in [-0.3, -0.25) is 4.79 Å². The minimum atomic E-state index is -1.84. The molecule has 1 rings (SSSR count). The van der Waals surface area contributed by atoms with E-state index in [1.165, 1.54) is 0 Å². The third-order valence-electron chi connectivity index (χ3n) is 4.13. The van der Waals surface area contributed by atoms with E-state index >= 15 is 0 Å². The minimum Gasteiger partial charge on any atom is -0.543 e. The predicted molar refractivity (Wildman–Crippen MR) is 92.4 cm³/mol. The van der Waals surface area contributed by atoms with Gasteiger partial charge in [0.2, 0.25) is 8.32 Å². The standard InChI is InChI=1S/C18H28O2Si/c1-7-16(19)13-10-12-15-11-8-9-14-17(15)20-21(5,6)18(2,3)4/h8-11,13-14H,7,12H2,1-6H3/b13-10+. The van der Waals surface area contributed by atoms with Crippen LogP contribution in [0.25, 0.3) is 0 Å². The molecule has 0 heterocycles. The van der Waals surface area contributed by atoms with E-state index in [1.807, 2.05) is 31.2 Å². The van der Waals surface area contributed by atoms with Crippen LogP contribution in [0.3, 0.4) is 0 Å². The third kappa shape index (κ3) is 5.16. The Hall–Kier alpha value is -1.35. The maximum atomic E-state index is 11.3. The van der Waals surface area contributed by atoms with Crippen LogP contribution in [0.5, 0.6) is 5.75 Å². The molecule has 1 aromatic carbocycles. The molecule has 0 unspecified atom stereocenters. The summed E-state index contributed by atoms with van der Waals surface area (Å²) in [4.78, 5) is 11.3. The summed E-state index contributed by atoms with van der Waals surface area (Å²) in [5.41, 5.74) is 1.14. The molecule has 21 heavy (non-hydrogen) atoms. The van der Waals surface area contributed by atoms with Crippen LogP contribution in [0.4, 0.5) is 0 Å². The number of rotatable bonds is 6. The molecular formula is C18H28O2Si. The van der Waals surface area contributed by atoms with Crippen LogP contribution < -0.4 is 4.43 Å². The first-order chi connectivity index (χ1) is 9.67. The van der Waals surface area contributed by atoms with Crippen molar-refractivity contribution in [2.45, 2.75) is 58.7 Å². The van der Waals surface area contributed by atoms with Gasteiger partial charge in [-0.05, 0) is 42.3 Å². The Morgan fingerprint density at radius 1 is 1.24 bits per heavy atom. The third-order valence-corrected chi connectivity index (χ3v) is 8.48. The zero-order valence-corrected chi connectivity index (χ0v) is 15.2. The summed E-state index contributed by atoms with van der Waals surface area (Å²) in [6.45, 7) is 13.1. The van der Waals surface area contributed by atoms with Gasteiger partial charge in [0.1, 0.15) is 5.75 Å². The molecule has 3 heteroatoms. The zero-order valence-electron chi connectivity index (χ0n) is 14.2. The van der Waals surface area contributed by atoms with E-state index in [-0.39, 0.29) is 10.8 Å². The fraction of sp³-hybridized carbons (Fsp3) is 0.500. The average molecular weight is 305 g/mol. The molecule has 0 N–H and O–H groups in total. The van der Waals surface area contributed by atoms with Gasteiger partial charge in [0.15, 0.2) is 5.78 Å². The van der Waals surface area contributed by atoms with E-state index in [0.717, 1.165) is 17.7 Å². The zero-order chi connectivity index (χ0) is 16.1. The fourth-order valence-electron chi connectivity index (χ4n) is 1.64. The number of hydrogen-bond acceptors (Lipinski definition) is 2. The summed E-state index contributed by atoms with van der Waals surface area (Å²) in [7, 11) is -1.84. The van der Waals surface area contributed by atoms with Crippen molar-refractivity contribution in [2.75, 3.05) is 0 Å². The quantitative estimate of drug-likeness (QED) is 0.537. The van der Waals surface area contributed by atoms with Gasteiger partial charge in [0.25, 0.3) is 0 Å². The van der Waals surface area contributed by atoms with Crippen LogP contribution >= 0.6 is 0 Å². The van der Waals surface area contributed by atoms with Crippen molar-refractivity contribution in [1.82, 2.24) is 0 Å². The molecule has 0 spiro atoms. The monoisotopic (exact) mass is 304 g/mol. The molecule has 0 saturated heterocycles. The molecule has 116 valence electrons. The van der Waals surface area contributed by atoms with Gasteiger partial charge in [0.05, 0.1) is 0 Å². The van der Waals surface area contributed by atoms with Crippen LogP contribution in [-0.4, -0.2) is 14.1 Å². The first-order valence-corrected chi connectivity index (χ1v) is 10.5. The highest BCUT2D eigenvalue weighted by atomic mass is 28.4. The predicted octanol–water partition coefficient (Wildman–Crippen LogP) is 5.15. The minimum absolute atomic E-state index is 0.165. The van der Waals surface area contributed by atoms with Crippen LogP contribution in [0.1, 0.15) is 39.7 Å². The summed E-state index contributed by atoms with van der Waals surface area (Å²) in [5.74, 6) is 1.12. The molecule has 0 saturated carbocycles. The summed E-state index contributed by atoms with van der Waals surface area (Å²) in [5, 5.41) is 0.175. The molecule has 0 aliphatic rings. The van der Waals surface area contributed by atoms with Gasteiger partial charge in [0, 0.05) is 6.42 Å². The first kappa shape index (κ1) is 17.7. The van der Waals surface area contributed by atoms with E-state index in [9.17, 15) is 4.79 Å². The number of allylic oxidation sites excluding steroid dienone is 2. The Morgan fingerprint density at radius 2 is 1.86 bits per heavy atom. The topological polar surface area (TPSA) is 26.3 Å². The molecule has 0 atom stereocenters. The number of carbonyl (C=O) groups excluding carboxylic acids is 1. The maximum absolute atomic E-state index is 11.3. The number of para-hydroxylation sites is 1. The lowest BCUT2D eigenvalue weighted by molar-refractivity contribution is -0.114. The second kappa shape index (κ2) is 7.08. The molecule has 0 aliphatic carbocycles. The molecule has 1 aromatic rings. The van der Waals surface area contributed by atoms with Crippen LogP contribution in [0.2, 0.25) is 18.1 Å². The van der Waals surface area contributed by atoms with E-state index in [2.05, 4.69) is 39.9 Å². The lowest BCUT2D eigenvalue weighted by Gasteiger charge is -2.37. The fourth-order valence-corrected chi connectivity index (χ4v) is 2.69. The van der Waals surface area contributed by atoms with Crippen molar-refractivity contribution in [3.05, 3.63) is 42.0 Å². The van der Waals surface area contributed by atoms with Gasteiger partial charge < -0.3 is 4.43 Å². The van der Waals surface area contributed by atoms with Crippen molar-refractivity contribution in [2.24, 2.45) is 0 Å². The van der Waals surface area contributed by atoms with Gasteiger partial charge in [-0.2, -0.15) is 0 Å². The molecule has 0 fully saturated rings. The molecule has 0 aliphatic heterocycles. The highest BCUT2D eigenvalue weighted by molar-refractivity contribution is 6.74. The second-order valence-electron chi connectivity index (χ2n) is 6.90. The number of carbonyl (C=O) groups is 1. The van der Waals surface area contributed by atoms with E-state index < -0.39 is 8.32 Å². The Morgan fingerprint density at radius 3 is 2.43 bits per heavy atom. The molecule has 0 bridgehead atoms. The number of ketones is 1. The number of hydrogen-bond donors (Lipinski definition) is 0. The highest BCUT2D eigenvalue weighted by Gasteiger charge is 2.39. The smallest absolute Gasteiger partial charge is 0.250 e. The Labute approximate surface area is 130 Å². The molecular weight excluding hydrogens is 276 g/mol. The van der Waals surface area contributed by atoms with Crippen molar-refractivity contribution >= 4 is 14.1 Å². The molecule has 0 radical (unpaired) electrons. The summed E-state index contributed by atoms with van der Waals surface area (Å²) < 4.78 is 6.40. The Bertz CT molecular complexity index is 510. The normalized spacial score (nSPS) is 12.7. The van der Waals surface area contributed by atoms with Gasteiger partial charge in [-0.1, -0.05) is 52.0 Å². The molecule has 2 nitrogen and oxygen atoms in total. The summed E-state index contributed by atoms with van der Waals surface area (Å²) in [6.07, 6.45) is 4.89. The first-order valence-electron chi connectivity index (χ1n) is 7.63.